The fraction of sp³-hybridized carbons (Fsp3) is 0.0667. The summed E-state index contributed by atoms with van der Waals surface area (Å²) in [4.78, 5) is 15.5. The van der Waals surface area contributed by atoms with Crippen LogP contribution in [0.15, 0.2) is 54.7 Å². The van der Waals surface area contributed by atoms with E-state index in [-0.39, 0.29) is 0 Å². The zero-order chi connectivity index (χ0) is 13.1. The van der Waals surface area contributed by atoms with Crippen molar-refractivity contribution in [3.05, 3.63) is 66.0 Å². The lowest BCUT2D eigenvalue weighted by Gasteiger charge is -2.03. The number of fused-ring (bicyclic) bond motifs is 1. The first kappa shape index (κ1) is 11.5. The zero-order valence-electron chi connectivity index (χ0n) is 10.2. The molecular weight excluding hydrogens is 240 g/mol. The van der Waals surface area contributed by atoms with E-state index in [0.717, 1.165) is 11.8 Å². The van der Waals surface area contributed by atoms with Crippen LogP contribution >= 0.6 is 0 Å². The SMILES string of the molecule is O=Cc1c(OCc2ccccc2)nc2ccccn12. The van der Waals surface area contributed by atoms with Gasteiger partial charge in [-0.05, 0) is 17.7 Å². The van der Waals surface area contributed by atoms with Crippen LogP contribution < -0.4 is 4.74 Å². The van der Waals surface area contributed by atoms with Crippen LogP contribution in [0.25, 0.3) is 5.65 Å². The van der Waals surface area contributed by atoms with Crippen molar-refractivity contribution in [2.75, 3.05) is 0 Å². The molecule has 0 N–H and O–H groups in total. The van der Waals surface area contributed by atoms with Gasteiger partial charge in [-0.3, -0.25) is 9.20 Å². The Balaban J connectivity index is 1.90. The van der Waals surface area contributed by atoms with Crippen molar-refractivity contribution in [3.63, 3.8) is 0 Å². The zero-order valence-corrected chi connectivity index (χ0v) is 10.2. The first-order valence-electron chi connectivity index (χ1n) is 5.97. The number of pyridine rings is 1. The van der Waals surface area contributed by atoms with E-state index < -0.39 is 0 Å². The van der Waals surface area contributed by atoms with Gasteiger partial charge in [0.15, 0.2) is 6.29 Å². The average molecular weight is 252 g/mol. The topological polar surface area (TPSA) is 43.6 Å². The predicted octanol–water partition coefficient (Wildman–Crippen LogP) is 2.73. The Morgan fingerprint density at radius 2 is 1.89 bits per heavy atom. The van der Waals surface area contributed by atoms with Crippen LogP contribution in [0.5, 0.6) is 5.88 Å². The molecule has 0 amide bonds. The lowest BCUT2D eigenvalue weighted by molar-refractivity contribution is 0.111. The molecule has 0 bridgehead atoms. The van der Waals surface area contributed by atoms with Gasteiger partial charge in [-0.15, -0.1) is 0 Å². The molecule has 3 rings (SSSR count). The molecule has 0 atom stereocenters. The summed E-state index contributed by atoms with van der Waals surface area (Å²) < 4.78 is 7.35. The van der Waals surface area contributed by atoms with E-state index in [9.17, 15) is 4.79 Å². The monoisotopic (exact) mass is 252 g/mol. The van der Waals surface area contributed by atoms with Gasteiger partial charge in [0.2, 0.25) is 5.88 Å². The number of aromatic nitrogens is 2. The lowest BCUT2D eigenvalue weighted by Crippen LogP contribution is -1.98. The molecule has 0 saturated heterocycles. The van der Waals surface area contributed by atoms with Gasteiger partial charge < -0.3 is 4.74 Å². The maximum absolute atomic E-state index is 11.2. The predicted molar refractivity (Wildman–Crippen MR) is 71.4 cm³/mol. The summed E-state index contributed by atoms with van der Waals surface area (Å²) >= 11 is 0. The molecule has 3 aromatic rings. The summed E-state index contributed by atoms with van der Waals surface area (Å²) in [6.07, 6.45) is 2.56. The smallest absolute Gasteiger partial charge is 0.244 e. The van der Waals surface area contributed by atoms with Gasteiger partial charge >= 0.3 is 0 Å². The second kappa shape index (κ2) is 4.94. The van der Waals surface area contributed by atoms with Gasteiger partial charge in [0.1, 0.15) is 17.9 Å². The van der Waals surface area contributed by atoms with E-state index in [1.54, 1.807) is 10.6 Å². The van der Waals surface area contributed by atoms with Crippen LogP contribution in [-0.4, -0.2) is 15.7 Å². The number of hydrogen-bond acceptors (Lipinski definition) is 3. The van der Waals surface area contributed by atoms with Crippen LogP contribution in [0.2, 0.25) is 0 Å². The molecule has 0 fully saturated rings. The number of hydrogen-bond donors (Lipinski definition) is 0. The fourth-order valence-corrected chi connectivity index (χ4v) is 1.93. The first-order valence-corrected chi connectivity index (χ1v) is 5.97. The molecule has 19 heavy (non-hydrogen) atoms. The maximum atomic E-state index is 11.2. The molecule has 1 aromatic carbocycles. The number of rotatable bonds is 4. The van der Waals surface area contributed by atoms with Crippen molar-refractivity contribution in [2.45, 2.75) is 6.61 Å². The third-order valence-electron chi connectivity index (χ3n) is 2.86. The third kappa shape index (κ3) is 2.20. The Morgan fingerprint density at radius 1 is 1.11 bits per heavy atom. The molecule has 0 spiro atoms. The highest BCUT2D eigenvalue weighted by atomic mass is 16.5. The molecule has 0 unspecified atom stereocenters. The van der Waals surface area contributed by atoms with E-state index in [2.05, 4.69) is 4.98 Å². The van der Waals surface area contributed by atoms with Crippen molar-refractivity contribution in [3.8, 4) is 5.88 Å². The van der Waals surface area contributed by atoms with Gasteiger partial charge in [-0.25, -0.2) is 0 Å². The number of carbonyl (C=O) groups excluding carboxylic acids is 1. The van der Waals surface area contributed by atoms with Gasteiger partial charge in [0.25, 0.3) is 0 Å². The molecule has 0 aliphatic rings. The molecule has 0 aliphatic heterocycles. The minimum absolute atomic E-state index is 0.366. The lowest BCUT2D eigenvalue weighted by atomic mass is 10.2. The molecule has 0 radical (unpaired) electrons. The molecular formula is C15H12N2O2. The average Bonchev–Trinajstić information content (AvgIpc) is 2.83. The number of benzene rings is 1. The number of aldehydes is 1. The summed E-state index contributed by atoms with van der Waals surface area (Å²) in [5.74, 6) is 0.366. The minimum atomic E-state index is 0.366. The second-order valence-corrected chi connectivity index (χ2v) is 4.12. The third-order valence-corrected chi connectivity index (χ3v) is 2.86. The number of carbonyl (C=O) groups is 1. The summed E-state index contributed by atoms with van der Waals surface area (Å²) in [5.41, 5.74) is 2.18. The number of nitrogens with zero attached hydrogens (tertiary/aromatic N) is 2. The Labute approximate surface area is 110 Å². The van der Waals surface area contributed by atoms with Crippen molar-refractivity contribution in [1.82, 2.24) is 9.38 Å². The molecule has 94 valence electrons. The van der Waals surface area contributed by atoms with Crippen LogP contribution in [0, 0.1) is 0 Å². The minimum Gasteiger partial charge on any atom is -0.471 e. The molecule has 4 nitrogen and oxygen atoms in total. The fourth-order valence-electron chi connectivity index (χ4n) is 1.93. The van der Waals surface area contributed by atoms with Crippen LogP contribution in [0.1, 0.15) is 16.1 Å². The largest absolute Gasteiger partial charge is 0.471 e. The first-order chi connectivity index (χ1) is 9.38. The van der Waals surface area contributed by atoms with Crippen molar-refractivity contribution in [2.24, 2.45) is 0 Å². The highest BCUT2D eigenvalue weighted by Crippen LogP contribution is 2.19. The van der Waals surface area contributed by atoms with Gasteiger partial charge in [0, 0.05) is 6.20 Å². The van der Waals surface area contributed by atoms with E-state index in [1.165, 1.54) is 0 Å². The van der Waals surface area contributed by atoms with Gasteiger partial charge in [-0.2, -0.15) is 4.98 Å². The Bertz CT molecular complexity index is 704. The summed E-state index contributed by atoms with van der Waals surface area (Å²) in [6.45, 7) is 0.394. The molecule has 2 aromatic heterocycles. The summed E-state index contributed by atoms with van der Waals surface area (Å²) in [5, 5.41) is 0. The van der Waals surface area contributed by atoms with E-state index in [0.29, 0.717) is 23.8 Å². The number of imidazole rings is 1. The van der Waals surface area contributed by atoms with Crippen LogP contribution in [0.3, 0.4) is 0 Å². The quantitative estimate of drug-likeness (QED) is 0.670. The molecule has 0 aliphatic carbocycles. The highest BCUT2D eigenvalue weighted by Gasteiger charge is 2.12. The second-order valence-electron chi connectivity index (χ2n) is 4.12. The van der Waals surface area contributed by atoms with E-state index in [4.69, 9.17) is 4.74 Å². The summed E-state index contributed by atoms with van der Waals surface area (Å²) in [6, 6.07) is 15.3. The van der Waals surface area contributed by atoms with Crippen LogP contribution in [0.4, 0.5) is 0 Å². The van der Waals surface area contributed by atoms with Gasteiger partial charge in [-0.1, -0.05) is 36.4 Å². The highest BCUT2D eigenvalue weighted by molar-refractivity contribution is 5.78. The van der Waals surface area contributed by atoms with E-state index in [1.807, 2.05) is 48.5 Å². The molecule has 0 saturated carbocycles. The normalized spacial score (nSPS) is 10.5. The van der Waals surface area contributed by atoms with Crippen molar-refractivity contribution >= 4 is 11.9 Å². The van der Waals surface area contributed by atoms with Crippen molar-refractivity contribution in [1.29, 1.82) is 0 Å². The Morgan fingerprint density at radius 3 is 2.68 bits per heavy atom. The van der Waals surface area contributed by atoms with Gasteiger partial charge in [0.05, 0.1) is 0 Å². The molecule has 4 heteroatoms. The molecule has 2 heterocycles. The Hall–Kier alpha value is -2.62. The van der Waals surface area contributed by atoms with Crippen molar-refractivity contribution < 1.29 is 9.53 Å². The Kier molecular flexibility index (Phi) is 2.98. The summed E-state index contributed by atoms with van der Waals surface area (Å²) in [7, 11) is 0. The van der Waals surface area contributed by atoms with E-state index >= 15 is 0 Å². The maximum Gasteiger partial charge on any atom is 0.244 e. The number of ether oxygens (including phenoxy) is 1. The standard InChI is InChI=1S/C15H12N2O2/c18-10-13-15(16-14-8-4-5-9-17(13)14)19-11-12-6-2-1-3-7-12/h1-10H,11H2. The van der Waals surface area contributed by atoms with Crippen LogP contribution in [-0.2, 0) is 6.61 Å².